The highest BCUT2D eigenvalue weighted by Crippen LogP contribution is 2.17. The number of nitrogens with two attached hydrogens (primary N) is 1. The lowest BCUT2D eigenvalue weighted by atomic mass is 10.1. The van der Waals surface area contributed by atoms with Crippen molar-refractivity contribution in [3.05, 3.63) is 12.2 Å². The fraction of sp³-hybridized carbons (Fsp3) is 0.714. The number of hydrogen-bond acceptors (Lipinski definition) is 4. The van der Waals surface area contributed by atoms with Gasteiger partial charge in [-0.25, -0.2) is 0 Å². The summed E-state index contributed by atoms with van der Waals surface area (Å²) in [6.45, 7) is 2.31. The molecule has 0 aliphatic heterocycles. The molecule has 0 aromatic carbocycles. The third-order valence-corrected chi connectivity index (χ3v) is 1.92. The van der Waals surface area contributed by atoms with Crippen LogP contribution in [0.3, 0.4) is 0 Å². The normalized spacial score (nSPS) is 16.0. The average molecular weight is 170 g/mol. The summed E-state index contributed by atoms with van der Waals surface area (Å²) in [5.74, 6) is 0.570. The Labute approximate surface area is 71.2 Å². The van der Waals surface area contributed by atoms with Crippen molar-refractivity contribution in [2.75, 3.05) is 6.54 Å². The molecule has 1 rings (SSSR count). The number of aliphatic hydroxyl groups is 1. The second-order valence-corrected chi connectivity index (χ2v) is 2.96. The van der Waals surface area contributed by atoms with Crippen molar-refractivity contribution < 1.29 is 5.11 Å². The van der Waals surface area contributed by atoms with Crippen LogP contribution in [0.15, 0.2) is 6.33 Å². The maximum atomic E-state index is 9.66. The summed E-state index contributed by atoms with van der Waals surface area (Å²) in [5, 5.41) is 17.1. The van der Waals surface area contributed by atoms with E-state index >= 15 is 0 Å². The first-order valence-electron chi connectivity index (χ1n) is 3.88. The van der Waals surface area contributed by atoms with Gasteiger partial charge in [-0.15, -0.1) is 10.2 Å². The monoisotopic (exact) mass is 170 g/mol. The van der Waals surface area contributed by atoms with Crippen LogP contribution in [0.25, 0.3) is 0 Å². The molecule has 0 saturated heterocycles. The zero-order valence-corrected chi connectivity index (χ0v) is 7.31. The van der Waals surface area contributed by atoms with Crippen molar-refractivity contribution in [2.24, 2.45) is 18.7 Å². The van der Waals surface area contributed by atoms with Crippen LogP contribution in [0.5, 0.6) is 0 Å². The van der Waals surface area contributed by atoms with E-state index in [1.807, 2.05) is 6.92 Å². The lowest BCUT2D eigenvalue weighted by Crippen LogP contribution is -2.21. The standard InChI is InChI=1S/C7H14N4O/c1-5(3-8)6(12)7-10-9-4-11(7)2/h4-6,12H,3,8H2,1-2H3. The zero-order valence-electron chi connectivity index (χ0n) is 7.31. The van der Waals surface area contributed by atoms with Gasteiger partial charge in [-0.3, -0.25) is 0 Å². The predicted molar refractivity (Wildman–Crippen MR) is 44.2 cm³/mol. The molecular formula is C7H14N4O. The molecule has 0 saturated carbocycles. The second kappa shape index (κ2) is 3.64. The summed E-state index contributed by atoms with van der Waals surface area (Å²) >= 11 is 0. The van der Waals surface area contributed by atoms with Crippen LogP contribution in [-0.4, -0.2) is 26.4 Å². The van der Waals surface area contributed by atoms with Crippen molar-refractivity contribution in [3.8, 4) is 0 Å². The highest BCUT2D eigenvalue weighted by molar-refractivity contribution is 4.92. The van der Waals surface area contributed by atoms with Gasteiger partial charge in [0, 0.05) is 13.0 Å². The van der Waals surface area contributed by atoms with E-state index in [9.17, 15) is 5.11 Å². The Hall–Kier alpha value is -0.940. The summed E-state index contributed by atoms with van der Waals surface area (Å²) < 4.78 is 1.69. The molecule has 0 aliphatic rings. The molecule has 5 nitrogen and oxygen atoms in total. The molecule has 0 bridgehead atoms. The largest absolute Gasteiger partial charge is 0.385 e. The number of aromatic nitrogens is 3. The fourth-order valence-corrected chi connectivity index (χ4v) is 0.943. The van der Waals surface area contributed by atoms with Crippen molar-refractivity contribution >= 4 is 0 Å². The second-order valence-electron chi connectivity index (χ2n) is 2.96. The Bertz CT molecular complexity index is 247. The quantitative estimate of drug-likeness (QED) is 0.637. The van der Waals surface area contributed by atoms with Crippen molar-refractivity contribution in [1.29, 1.82) is 0 Å². The highest BCUT2D eigenvalue weighted by Gasteiger charge is 2.19. The molecule has 12 heavy (non-hydrogen) atoms. The SMILES string of the molecule is CC(CN)C(O)c1nncn1C. The van der Waals surface area contributed by atoms with Crippen LogP contribution in [-0.2, 0) is 7.05 Å². The van der Waals surface area contributed by atoms with E-state index in [1.165, 1.54) is 0 Å². The molecule has 5 heteroatoms. The Kier molecular flexibility index (Phi) is 2.78. The fourth-order valence-electron chi connectivity index (χ4n) is 0.943. The molecule has 0 amide bonds. The number of aryl methyl sites for hydroxylation is 1. The van der Waals surface area contributed by atoms with E-state index in [2.05, 4.69) is 10.2 Å². The predicted octanol–water partition coefficient (Wildman–Crippen LogP) is -0.557. The van der Waals surface area contributed by atoms with Crippen molar-refractivity contribution in [1.82, 2.24) is 14.8 Å². The van der Waals surface area contributed by atoms with Crippen LogP contribution < -0.4 is 5.73 Å². The summed E-state index contributed by atoms with van der Waals surface area (Å²) in [4.78, 5) is 0. The third kappa shape index (κ3) is 1.62. The molecular weight excluding hydrogens is 156 g/mol. The molecule has 3 N–H and O–H groups in total. The minimum Gasteiger partial charge on any atom is -0.385 e. The van der Waals surface area contributed by atoms with Crippen LogP contribution in [0.4, 0.5) is 0 Å². The van der Waals surface area contributed by atoms with E-state index in [0.717, 1.165) is 0 Å². The van der Waals surface area contributed by atoms with E-state index in [4.69, 9.17) is 5.73 Å². The molecule has 1 aromatic heterocycles. The van der Waals surface area contributed by atoms with Crippen molar-refractivity contribution in [2.45, 2.75) is 13.0 Å². The summed E-state index contributed by atoms with van der Waals surface area (Å²) in [7, 11) is 1.79. The number of nitrogens with zero attached hydrogens (tertiary/aromatic N) is 3. The van der Waals surface area contributed by atoms with Crippen LogP contribution in [0.2, 0.25) is 0 Å². The van der Waals surface area contributed by atoms with E-state index in [1.54, 1.807) is 17.9 Å². The van der Waals surface area contributed by atoms with E-state index in [-0.39, 0.29) is 5.92 Å². The molecule has 1 aromatic rings. The Morgan fingerprint density at radius 3 is 2.83 bits per heavy atom. The smallest absolute Gasteiger partial charge is 0.161 e. The molecule has 1 heterocycles. The van der Waals surface area contributed by atoms with Crippen LogP contribution in [0.1, 0.15) is 18.9 Å². The first-order valence-corrected chi connectivity index (χ1v) is 3.88. The third-order valence-electron chi connectivity index (χ3n) is 1.92. The zero-order chi connectivity index (χ0) is 9.14. The maximum Gasteiger partial charge on any atom is 0.161 e. The van der Waals surface area contributed by atoms with Gasteiger partial charge in [-0.1, -0.05) is 6.92 Å². The van der Waals surface area contributed by atoms with Crippen LogP contribution in [0, 0.1) is 5.92 Å². The van der Waals surface area contributed by atoms with Crippen molar-refractivity contribution in [3.63, 3.8) is 0 Å². The average Bonchev–Trinajstić information content (AvgIpc) is 2.48. The molecule has 2 unspecified atom stereocenters. The first-order chi connectivity index (χ1) is 5.66. The van der Waals surface area contributed by atoms with Crippen LogP contribution >= 0.6 is 0 Å². The molecule has 0 spiro atoms. The molecule has 0 radical (unpaired) electrons. The number of aliphatic hydroxyl groups excluding tert-OH is 1. The van der Waals surface area contributed by atoms with Gasteiger partial charge in [0.2, 0.25) is 0 Å². The van der Waals surface area contributed by atoms with Gasteiger partial charge in [-0.2, -0.15) is 0 Å². The number of hydrogen-bond donors (Lipinski definition) is 2. The first kappa shape index (κ1) is 9.15. The maximum absolute atomic E-state index is 9.66. The minimum atomic E-state index is -0.623. The Balaban J connectivity index is 2.77. The molecule has 2 atom stereocenters. The lowest BCUT2D eigenvalue weighted by molar-refractivity contribution is 0.109. The van der Waals surface area contributed by atoms with E-state index in [0.29, 0.717) is 12.4 Å². The van der Waals surface area contributed by atoms with Gasteiger partial charge in [0.25, 0.3) is 0 Å². The molecule has 0 aliphatic carbocycles. The van der Waals surface area contributed by atoms with Gasteiger partial charge in [0.05, 0.1) is 0 Å². The van der Waals surface area contributed by atoms with Gasteiger partial charge >= 0.3 is 0 Å². The summed E-state index contributed by atoms with van der Waals surface area (Å²) in [5.41, 5.74) is 5.41. The van der Waals surface area contributed by atoms with Gasteiger partial charge in [-0.05, 0) is 6.54 Å². The van der Waals surface area contributed by atoms with Gasteiger partial charge in [0.1, 0.15) is 12.4 Å². The van der Waals surface area contributed by atoms with E-state index < -0.39 is 6.10 Å². The minimum absolute atomic E-state index is 0.00731. The Morgan fingerprint density at radius 2 is 2.42 bits per heavy atom. The summed E-state index contributed by atoms with van der Waals surface area (Å²) in [6.07, 6.45) is 0.935. The molecule has 0 fully saturated rings. The summed E-state index contributed by atoms with van der Waals surface area (Å²) in [6, 6.07) is 0. The Morgan fingerprint density at radius 1 is 1.75 bits per heavy atom. The number of rotatable bonds is 3. The van der Waals surface area contributed by atoms with Gasteiger partial charge in [0.15, 0.2) is 5.82 Å². The highest BCUT2D eigenvalue weighted by atomic mass is 16.3. The topological polar surface area (TPSA) is 77.0 Å². The van der Waals surface area contributed by atoms with Gasteiger partial charge < -0.3 is 15.4 Å². The lowest BCUT2D eigenvalue weighted by Gasteiger charge is -2.15. The molecule has 68 valence electrons.